The molecule has 1 N–H and O–H groups in total. The molecule has 0 saturated carbocycles. The lowest BCUT2D eigenvalue weighted by molar-refractivity contribution is -0.148. The zero-order chi connectivity index (χ0) is 14.3. The number of carbonyl (C=O) groups is 2. The number of rotatable bonds is 2. The lowest BCUT2D eigenvalue weighted by Gasteiger charge is -2.37. The molecule has 5 nitrogen and oxygen atoms in total. The number of β-amino-alcohol motifs (C(OH)–C–C–N with tert-alkyl or cyclic N) is 1. The van der Waals surface area contributed by atoms with Crippen molar-refractivity contribution in [1.82, 2.24) is 4.90 Å². The monoisotopic (exact) mass is 338 g/mol. The standard InChI is InChI=1S/C14H15BrN2O3/c15-9-2-1-3-10(6-9)17-5-4-12(14(17)20)13(19)16-7-11(18)8-16/h1-3,6,11-12,18H,4-5,7-8H2. The molecule has 0 aromatic heterocycles. The SMILES string of the molecule is O=C(C1CCN(c2cccc(Br)c2)C1=O)N1CC(O)C1. The number of likely N-dealkylation sites (tertiary alicyclic amines) is 1. The van der Waals surface area contributed by atoms with Crippen LogP contribution in [0.25, 0.3) is 0 Å². The van der Waals surface area contributed by atoms with E-state index in [2.05, 4.69) is 15.9 Å². The molecule has 1 atom stereocenters. The first kappa shape index (κ1) is 13.6. The molecule has 0 aliphatic carbocycles. The Hall–Kier alpha value is -1.40. The molecule has 6 heteroatoms. The van der Waals surface area contributed by atoms with Crippen molar-refractivity contribution in [3.8, 4) is 0 Å². The molecule has 2 heterocycles. The summed E-state index contributed by atoms with van der Waals surface area (Å²) in [7, 11) is 0. The largest absolute Gasteiger partial charge is 0.389 e. The van der Waals surface area contributed by atoms with Gasteiger partial charge in [-0.1, -0.05) is 22.0 Å². The molecule has 0 spiro atoms. The summed E-state index contributed by atoms with van der Waals surface area (Å²) in [5.41, 5.74) is 0.809. The van der Waals surface area contributed by atoms with Crippen LogP contribution in [0.1, 0.15) is 6.42 Å². The third-order valence-electron chi connectivity index (χ3n) is 3.80. The highest BCUT2D eigenvalue weighted by Gasteiger charge is 2.42. The van der Waals surface area contributed by atoms with Crippen LogP contribution < -0.4 is 4.90 Å². The predicted octanol–water partition coefficient (Wildman–Crippen LogP) is 1.01. The number of amides is 2. The zero-order valence-corrected chi connectivity index (χ0v) is 12.4. The van der Waals surface area contributed by atoms with Crippen LogP contribution in [0.4, 0.5) is 5.69 Å². The highest BCUT2D eigenvalue weighted by Crippen LogP contribution is 2.29. The molecule has 1 aromatic rings. The minimum atomic E-state index is -0.596. The Morgan fingerprint density at radius 2 is 2.10 bits per heavy atom. The van der Waals surface area contributed by atoms with E-state index in [0.29, 0.717) is 26.1 Å². The normalized spacial score (nSPS) is 23.1. The van der Waals surface area contributed by atoms with Crippen molar-refractivity contribution in [3.63, 3.8) is 0 Å². The Bertz CT molecular complexity index is 557. The fourth-order valence-electron chi connectivity index (χ4n) is 2.67. The van der Waals surface area contributed by atoms with Crippen molar-refractivity contribution in [2.75, 3.05) is 24.5 Å². The van der Waals surface area contributed by atoms with E-state index in [-0.39, 0.29) is 11.8 Å². The number of aliphatic hydroxyl groups is 1. The molecule has 2 aliphatic heterocycles. The van der Waals surface area contributed by atoms with Gasteiger partial charge in [0.25, 0.3) is 0 Å². The van der Waals surface area contributed by atoms with Crippen molar-refractivity contribution >= 4 is 33.4 Å². The number of halogens is 1. The maximum Gasteiger partial charge on any atom is 0.239 e. The molecule has 106 valence electrons. The van der Waals surface area contributed by atoms with Crippen LogP contribution in [0.3, 0.4) is 0 Å². The Labute approximate surface area is 125 Å². The molecular formula is C14H15BrN2O3. The van der Waals surface area contributed by atoms with Crippen LogP contribution in [0.2, 0.25) is 0 Å². The third-order valence-corrected chi connectivity index (χ3v) is 4.29. The maximum atomic E-state index is 12.4. The van der Waals surface area contributed by atoms with E-state index >= 15 is 0 Å². The van der Waals surface area contributed by atoms with E-state index in [4.69, 9.17) is 0 Å². The first-order chi connectivity index (χ1) is 9.56. The molecule has 0 bridgehead atoms. The van der Waals surface area contributed by atoms with Gasteiger partial charge in [-0.3, -0.25) is 9.59 Å². The molecule has 2 aliphatic rings. The molecule has 20 heavy (non-hydrogen) atoms. The second-order valence-corrected chi connectivity index (χ2v) is 6.12. The van der Waals surface area contributed by atoms with Crippen molar-refractivity contribution in [1.29, 1.82) is 0 Å². The van der Waals surface area contributed by atoms with Gasteiger partial charge in [0.2, 0.25) is 11.8 Å². The fraction of sp³-hybridized carbons (Fsp3) is 0.429. The molecule has 1 unspecified atom stereocenters. The van der Waals surface area contributed by atoms with Crippen LogP contribution in [-0.4, -0.2) is 47.6 Å². The Balaban J connectivity index is 1.72. The number of benzene rings is 1. The molecule has 3 rings (SSSR count). The number of anilines is 1. The van der Waals surface area contributed by atoms with Gasteiger partial charge in [-0.2, -0.15) is 0 Å². The Kier molecular flexibility index (Phi) is 3.52. The summed E-state index contributed by atoms with van der Waals surface area (Å²) >= 11 is 3.38. The summed E-state index contributed by atoms with van der Waals surface area (Å²) in [4.78, 5) is 27.8. The van der Waals surface area contributed by atoms with Gasteiger partial charge in [0.05, 0.1) is 6.10 Å². The van der Waals surface area contributed by atoms with E-state index in [0.717, 1.165) is 10.2 Å². The lowest BCUT2D eigenvalue weighted by Crippen LogP contribution is -2.56. The topological polar surface area (TPSA) is 60.9 Å². The Morgan fingerprint density at radius 3 is 2.75 bits per heavy atom. The van der Waals surface area contributed by atoms with Crippen LogP contribution in [0.15, 0.2) is 28.7 Å². The molecule has 1 aromatic carbocycles. The minimum Gasteiger partial charge on any atom is -0.389 e. The highest BCUT2D eigenvalue weighted by atomic mass is 79.9. The lowest BCUT2D eigenvalue weighted by atomic mass is 10.0. The molecular weight excluding hydrogens is 324 g/mol. The Morgan fingerprint density at radius 1 is 1.35 bits per heavy atom. The summed E-state index contributed by atoms with van der Waals surface area (Å²) < 4.78 is 0.906. The van der Waals surface area contributed by atoms with Crippen LogP contribution in [0.5, 0.6) is 0 Å². The van der Waals surface area contributed by atoms with Gasteiger partial charge in [0.15, 0.2) is 0 Å². The van der Waals surface area contributed by atoms with Crippen molar-refractivity contribution in [2.45, 2.75) is 12.5 Å². The zero-order valence-electron chi connectivity index (χ0n) is 10.8. The minimum absolute atomic E-state index is 0.144. The molecule has 0 radical (unpaired) electrons. The summed E-state index contributed by atoms with van der Waals surface area (Å²) in [6.07, 6.45) is 0.105. The average Bonchev–Trinajstić information content (AvgIpc) is 2.76. The fourth-order valence-corrected chi connectivity index (χ4v) is 3.05. The summed E-state index contributed by atoms with van der Waals surface area (Å²) in [6, 6.07) is 7.50. The molecule has 2 saturated heterocycles. The van der Waals surface area contributed by atoms with Crippen LogP contribution in [0, 0.1) is 5.92 Å². The highest BCUT2D eigenvalue weighted by molar-refractivity contribution is 9.10. The van der Waals surface area contributed by atoms with E-state index < -0.39 is 12.0 Å². The molecule has 2 amide bonds. The van der Waals surface area contributed by atoms with Gasteiger partial charge >= 0.3 is 0 Å². The van der Waals surface area contributed by atoms with Crippen LogP contribution in [-0.2, 0) is 9.59 Å². The second-order valence-electron chi connectivity index (χ2n) is 5.21. The van der Waals surface area contributed by atoms with Gasteiger partial charge < -0.3 is 14.9 Å². The van der Waals surface area contributed by atoms with Gasteiger partial charge in [0.1, 0.15) is 5.92 Å². The average molecular weight is 339 g/mol. The number of hydrogen-bond acceptors (Lipinski definition) is 3. The first-order valence-corrected chi connectivity index (χ1v) is 7.39. The summed E-state index contributed by atoms with van der Waals surface area (Å²) in [5.74, 6) is -0.895. The van der Waals surface area contributed by atoms with E-state index in [1.54, 1.807) is 9.80 Å². The van der Waals surface area contributed by atoms with Crippen molar-refractivity contribution in [2.24, 2.45) is 5.92 Å². The van der Waals surface area contributed by atoms with Gasteiger partial charge in [-0.05, 0) is 24.6 Å². The number of nitrogens with zero attached hydrogens (tertiary/aromatic N) is 2. The first-order valence-electron chi connectivity index (χ1n) is 6.60. The van der Waals surface area contributed by atoms with Crippen molar-refractivity contribution in [3.05, 3.63) is 28.7 Å². The summed E-state index contributed by atoms with van der Waals surface area (Å²) in [5, 5.41) is 9.24. The smallest absolute Gasteiger partial charge is 0.239 e. The number of carbonyl (C=O) groups excluding carboxylic acids is 2. The second kappa shape index (κ2) is 5.18. The van der Waals surface area contributed by atoms with E-state index in [1.165, 1.54) is 0 Å². The van der Waals surface area contributed by atoms with Gasteiger partial charge in [0, 0.05) is 29.8 Å². The van der Waals surface area contributed by atoms with Crippen molar-refractivity contribution < 1.29 is 14.7 Å². The van der Waals surface area contributed by atoms with Gasteiger partial charge in [-0.25, -0.2) is 0 Å². The molecule has 2 fully saturated rings. The summed E-state index contributed by atoms with van der Waals surface area (Å²) in [6.45, 7) is 1.25. The van der Waals surface area contributed by atoms with E-state index in [9.17, 15) is 14.7 Å². The maximum absolute atomic E-state index is 12.4. The third kappa shape index (κ3) is 2.33. The van der Waals surface area contributed by atoms with Gasteiger partial charge in [-0.15, -0.1) is 0 Å². The van der Waals surface area contributed by atoms with E-state index in [1.807, 2.05) is 24.3 Å². The predicted molar refractivity (Wildman–Crippen MR) is 77.2 cm³/mol. The quantitative estimate of drug-likeness (QED) is 0.818. The number of aliphatic hydroxyl groups excluding tert-OH is 1. The van der Waals surface area contributed by atoms with Crippen LogP contribution >= 0.6 is 15.9 Å². The number of hydrogen-bond donors (Lipinski definition) is 1.